The molecule has 1 aromatic rings. The predicted molar refractivity (Wildman–Crippen MR) is 79.7 cm³/mol. The van der Waals surface area contributed by atoms with Crippen LogP contribution >= 0.6 is 66.8 Å². The minimum Gasteiger partial charge on any atom is -0.489 e. The molecule has 0 radical (unpaired) electrons. The second-order valence-electron chi connectivity index (χ2n) is 2.72. The van der Waals surface area contributed by atoms with Gasteiger partial charge in [0.25, 0.3) is 0 Å². The fraction of sp³-hybridized carbons (Fsp3) is 0.200. The summed E-state index contributed by atoms with van der Waals surface area (Å²) in [5, 5.41) is 1.22. The number of hydrogen-bond acceptors (Lipinski definition) is 2. The summed E-state index contributed by atoms with van der Waals surface area (Å²) >= 11 is 20.1. The van der Waals surface area contributed by atoms with Crippen LogP contribution in [0.5, 0.6) is 5.75 Å². The molecular weight excluding hydrogens is 399 g/mol. The van der Waals surface area contributed by atoms with Crippen LogP contribution in [0, 0.1) is 0 Å². The molecule has 1 rings (SSSR count). The lowest BCUT2D eigenvalue weighted by atomic mass is 10.3. The Labute approximate surface area is 126 Å². The van der Waals surface area contributed by atoms with Crippen LogP contribution in [0.15, 0.2) is 26.5 Å². The number of thioether (sulfide) groups is 1. The van der Waals surface area contributed by atoms with Crippen LogP contribution in [0.1, 0.15) is 0 Å². The second-order valence-corrected chi connectivity index (χ2v) is 7.13. The van der Waals surface area contributed by atoms with Crippen LogP contribution in [0.4, 0.5) is 0 Å². The van der Waals surface area contributed by atoms with Gasteiger partial charge in [0.15, 0.2) is 0 Å². The molecule has 0 saturated carbocycles. The highest BCUT2D eigenvalue weighted by Crippen LogP contribution is 2.36. The van der Waals surface area contributed by atoms with Crippen molar-refractivity contribution in [1.29, 1.82) is 0 Å². The molecule has 1 nitrogen and oxygen atoms in total. The monoisotopic (exact) mass is 404 g/mol. The third-order valence-corrected chi connectivity index (χ3v) is 3.98. The first-order valence-electron chi connectivity index (χ1n) is 4.21. The number of rotatable bonds is 4. The summed E-state index contributed by atoms with van der Waals surface area (Å²) in [6.07, 6.45) is 3.77. The summed E-state index contributed by atoms with van der Waals surface area (Å²) in [7, 11) is 0. The highest BCUT2D eigenvalue weighted by molar-refractivity contribution is 9.28. The van der Waals surface area contributed by atoms with E-state index in [1.54, 1.807) is 12.1 Å². The first-order valence-corrected chi connectivity index (χ1v) is 7.78. The van der Waals surface area contributed by atoms with E-state index in [0.717, 1.165) is 8.29 Å². The Kier molecular flexibility index (Phi) is 6.59. The van der Waals surface area contributed by atoms with E-state index in [0.29, 0.717) is 22.4 Å². The van der Waals surface area contributed by atoms with Gasteiger partial charge < -0.3 is 4.74 Å². The summed E-state index contributed by atoms with van der Waals surface area (Å²) in [5.74, 6) is 0.658. The molecule has 0 aliphatic heterocycles. The SMILES string of the molecule is CSc1c(Cl)cc(OCC=C(Br)Br)cc1Cl. The smallest absolute Gasteiger partial charge is 0.122 e. The third-order valence-electron chi connectivity index (χ3n) is 1.66. The molecule has 16 heavy (non-hydrogen) atoms. The van der Waals surface area contributed by atoms with Crippen LogP contribution in [0.3, 0.4) is 0 Å². The second kappa shape index (κ2) is 7.17. The number of ether oxygens (including phenoxy) is 1. The minimum atomic E-state index is 0.442. The van der Waals surface area contributed by atoms with Crippen molar-refractivity contribution >= 4 is 66.8 Å². The molecule has 0 aliphatic carbocycles. The molecule has 0 spiro atoms. The Morgan fingerprint density at radius 3 is 2.38 bits per heavy atom. The van der Waals surface area contributed by atoms with Crippen molar-refractivity contribution in [3.05, 3.63) is 31.6 Å². The Morgan fingerprint density at radius 1 is 1.38 bits per heavy atom. The highest BCUT2D eigenvalue weighted by Gasteiger charge is 2.07. The molecule has 0 fully saturated rings. The van der Waals surface area contributed by atoms with Gasteiger partial charge in [-0.3, -0.25) is 0 Å². The number of hydrogen-bond donors (Lipinski definition) is 0. The van der Waals surface area contributed by atoms with Crippen molar-refractivity contribution in [2.75, 3.05) is 12.9 Å². The molecule has 0 bridgehead atoms. The summed E-state index contributed by atoms with van der Waals surface area (Å²) in [5.41, 5.74) is 0. The first kappa shape index (κ1) is 14.7. The largest absolute Gasteiger partial charge is 0.489 e. The zero-order chi connectivity index (χ0) is 12.1. The van der Waals surface area contributed by atoms with Gasteiger partial charge in [-0.25, -0.2) is 0 Å². The van der Waals surface area contributed by atoms with E-state index in [4.69, 9.17) is 27.9 Å². The van der Waals surface area contributed by atoms with Crippen molar-refractivity contribution in [1.82, 2.24) is 0 Å². The van der Waals surface area contributed by atoms with E-state index in [2.05, 4.69) is 31.9 Å². The zero-order valence-corrected chi connectivity index (χ0v) is 13.8. The van der Waals surface area contributed by atoms with Gasteiger partial charge >= 0.3 is 0 Å². The lowest BCUT2D eigenvalue weighted by molar-refractivity contribution is 0.363. The molecule has 1 aromatic carbocycles. The molecule has 0 aliphatic rings. The van der Waals surface area contributed by atoms with Gasteiger partial charge in [0.2, 0.25) is 0 Å². The van der Waals surface area contributed by atoms with Crippen LogP contribution in [-0.4, -0.2) is 12.9 Å². The van der Waals surface area contributed by atoms with Crippen molar-refractivity contribution in [3.8, 4) is 5.75 Å². The quantitative estimate of drug-likeness (QED) is 0.591. The van der Waals surface area contributed by atoms with E-state index in [1.165, 1.54) is 11.8 Å². The molecule has 0 amide bonds. The van der Waals surface area contributed by atoms with Gasteiger partial charge in [-0.1, -0.05) is 23.2 Å². The summed E-state index contributed by atoms with van der Waals surface area (Å²) in [6.45, 7) is 0.442. The zero-order valence-electron chi connectivity index (χ0n) is 8.27. The summed E-state index contributed by atoms with van der Waals surface area (Å²) < 4.78 is 6.31. The van der Waals surface area contributed by atoms with E-state index >= 15 is 0 Å². The van der Waals surface area contributed by atoms with Crippen molar-refractivity contribution in [3.63, 3.8) is 0 Å². The minimum absolute atomic E-state index is 0.442. The Morgan fingerprint density at radius 2 is 1.94 bits per heavy atom. The fourth-order valence-corrected chi connectivity index (χ4v) is 2.72. The molecule has 88 valence electrons. The molecule has 0 atom stereocenters. The number of halogens is 4. The molecular formula is C10H8Br2Cl2OS. The van der Waals surface area contributed by atoms with Crippen molar-refractivity contribution in [2.45, 2.75) is 4.90 Å². The molecule has 0 aromatic heterocycles. The van der Waals surface area contributed by atoms with Gasteiger partial charge in [-0.2, -0.15) is 0 Å². The molecule has 0 N–H and O–H groups in total. The topological polar surface area (TPSA) is 9.23 Å². The average Bonchev–Trinajstić information content (AvgIpc) is 2.16. The number of benzene rings is 1. The van der Waals surface area contributed by atoms with E-state index in [9.17, 15) is 0 Å². The first-order chi connectivity index (χ1) is 7.54. The summed E-state index contributed by atoms with van der Waals surface area (Å²) in [6, 6.07) is 3.52. The predicted octanol–water partition coefficient (Wildman–Crippen LogP) is 5.73. The summed E-state index contributed by atoms with van der Waals surface area (Å²) in [4.78, 5) is 0.868. The molecule has 0 saturated heterocycles. The van der Waals surface area contributed by atoms with Gasteiger partial charge in [-0.05, 0) is 44.2 Å². The molecule has 0 heterocycles. The van der Waals surface area contributed by atoms with E-state index in [-0.39, 0.29) is 0 Å². The van der Waals surface area contributed by atoms with Crippen LogP contribution in [0.2, 0.25) is 10.0 Å². The lowest BCUT2D eigenvalue weighted by Gasteiger charge is -2.08. The average molecular weight is 407 g/mol. The normalized spacial score (nSPS) is 10.1. The van der Waals surface area contributed by atoms with Gasteiger partial charge in [0.05, 0.1) is 13.4 Å². The van der Waals surface area contributed by atoms with Gasteiger partial charge in [0, 0.05) is 17.0 Å². The maximum absolute atomic E-state index is 6.06. The fourth-order valence-electron chi connectivity index (χ4n) is 1.02. The van der Waals surface area contributed by atoms with Crippen molar-refractivity contribution in [2.24, 2.45) is 0 Å². The lowest BCUT2D eigenvalue weighted by Crippen LogP contribution is -1.94. The standard InChI is InChI=1S/C10H8Br2Cl2OS/c1-16-10-7(13)4-6(5-8(10)14)15-3-2-9(11)12/h2,4-5H,3H2,1H3. The maximum atomic E-state index is 6.06. The van der Waals surface area contributed by atoms with Crippen LogP contribution in [0.25, 0.3) is 0 Å². The Bertz CT molecular complexity index is 383. The van der Waals surface area contributed by atoms with E-state index < -0.39 is 0 Å². The van der Waals surface area contributed by atoms with Gasteiger partial charge in [0.1, 0.15) is 12.4 Å². The van der Waals surface area contributed by atoms with Crippen molar-refractivity contribution < 1.29 is 4.74 Å². The molecule has 6 heteroatoms. The Hall–Kier alpha value is 0.650. The molecule has 0 unspecified atom stereocenters. The Balaban J connectivity index is 2.80. The van der Waals surface area contributed by atoms with E-state index in [1.807, 2.05) is 12.3 Å². The maximum Gasteiger partial charge on any atom is 0.122 e. The highest BCUT2D eigenvalue weighted by atomic mass is 79.9. The van der Waals surface area contributed by atoms with Crippen LogP contribution in [-0.2, 0) is 0 Å². The third kappa shape index (κ3) is 4.49. The van der Waals surface area contributed by atoms with Crippen LogP contribution < -0.4 is 4.74 Å². The van der Waals surface area contributed by atoms with Gasteiger partial charge in [-0.15, -0.1) is 11.8 Å².